The van der Waals surface area contributed by atoms with E-state index in [1.165, 1.54) is 0 Å². The standard InChI is InChI=1S/C12H14ClF2NO/c13-10-4-2-1-3-9(10)11-7-16(5-6-17-11)8-12(14)15/h1-4,11-12H,5-8H2. The van der Waals surface area contributed by atoms with E-state index in [1.807, 2.05) is 18.2 Å². The normalized spacial score (nSPS) is 22.0. The molecular formula is C12H14ClF2NO. The molecule has 0 bridgehead atoms. The van der Waals surface area contributed by atoms with Gasteiger partial charge in [0, 0.05) is 23.7 Å². The highest BCUT2D eigenvalue weighted by atomic mass is 35.5. The third kappa shape index (κ3) is 3.37. The molecule has 1 aromatic carbocycles. The Balaban J connectivity index is 2.04. The molecule has 0 aliphatic carbocycles. The second kappa shape index (κ2) is 5.76. The van der Waals surface area contributed by atoms with Gasteiger partial charge in [-0.2, -0.15) is 0 Å². The van der Waals surface area contributed by atoms with Gasteiger partial charge in [0.15, 0.2) is 0 Å². The highest BCUT2D eigenvalue weighted by Crippen LogP contribution is 2.28. The van der Waals surface area contributed by atoms with Crippen molar-refractivity contribution in [3.63, 3.8) is 0 Å². The SMILES string of the molecule is FC(F)CN1CCOC(c2ccccc2Cl)C1. The predicted octanol–water partition coefficient (Wildman–Crippen LogP) is 2.98. The average molecular weight is 262 g/mol. The molecule has 0 N–H and O–H groups in total. The van der Waals surface area contributed by atoms with Crippen LogP contribution in [0.15, 0.2) is 24.3 Å². The maximum absolute atomic E-state index is 12.3. The van der Waals surface area contributed by atoms with E-state index < -0.39 is 6.43 Å². The van der Waals surface area contributed by atoms with Crippen LogP contribution in [0.5, 0.6) is 0 Å². The van der Waals surface area contributed by atoms with E-state index in [-0.39, 0.29) is 12.6 Å². The fraction of sp³-hybridized carbons (Fsp3) is 0.500. The molecule has 94 valence electrons. The molecule has 1 aliphatic heterocycles. The van der Waals surface area contributed by atoms with Crippen LogP contribution in [0.1, 0.15) is 11.7 Å². The van der Waals surface area contributed by atoms with Crippen LogP contribution in [-0.4, -0.2) is 37.6 Å². The first-order valence-corrected chi connectivity index (χ1v) is 5.91. The van der Waals surface area contributed by atoms with Crippen LogP contribution in [0.2, 0.25) is 5.02 Å². The van der Waals surface area contributed by atoms with Gasteiger partial charge < -0.3 is 4.74 Å². The van der Waals surface area contributed by atoms with Gasteiger partial charge in [-0.3, -0.25) is 4.90 Å². The van der Waals surface area contributed by atoms with Crippen molar-refractivity contribution in [3.05, 3.63) is 34.9 Å². The molecule has 5 heteroatoms. The summed E-state index contributed by atoms with van der Waals surface area (Å²) in [6.07, 6.45) is -2.52. The Bertz CT molecular complexity index is 375. The lowest BCUT2D eigenvalue weighted by molar-refractivity contribution is -0.0461. The van der Waals surface area contributed by atoms with Crippen LogP contribution in [-0.2, 0) is 4.74 Å². The van der Waals surface area contributed by atoms with Crippen molar-refractivity contribution < 1.29 is 13.5 Å². The second-order valence-electron chi connectivity index (χ2n) is 4.03. The third-order valence-corrected chi connectivity index (χ3v) is 3.14. The number of hydrogen-bond acceptors (Lipinski definition) is 2. The zero-order chi connectivity index (χ0) is 12.3. The maximum Gasteiger partial charge on any atom is 0.251 e. The van der Waals surface area contributed by atoms with Gasteiger partial charge in [-0.05, 0) is 6.07 Å². The highest BCUT2D eigenvalue weighted by molar-refractivity contribution is 6.31. The Morgan fingerprint density at radius 3 is 2.88 bits per heavy atom. The summed E-state index contributed by atoms with van der Waals surface area (Å²) in [4.78, 5) is 1.71. The summed E-state index contributed by atoms with van der Waals surface area (Å²) in [6.45, 7) is 1.27. The van der Waals surface area contributed by atoms with Crippen LogP contribution in [0.4, 0.5) is 8.78 Å². The Morgan fingerprint density at radius 1 is 1.41 bits per heavy atom. The van der Waals surface area contributed by atoms with Crippen molar-refractivity contribution in [2.24, 2.45) is 0 Å². The number of nitrogens with zero attached hydrogens (tertiary/aromatic N) is 1. The Morgan fingerprint density at radius 2 is 2.18 bits per heavy atom. The molecule has 1 saturated heterocycles. The van der Waals surface area contributed by atoms with Gasteiger partial charge in [-0.15, -0.1) is 0 Å². The maximum atomic E-state index is 12.3. The molecule has 0 radical (unpaired) electrons. The van der Waals surface area contributed by atoms with E-state index in [2.05, 4.69) is 0 Å². The first-order chi connectivity index (χ1) is 8.16. The van der Waals surface area contributed by atoms with Crippen LogP contribution >= 0.6 is 11.6 Å². The summed E-state index contributed by atoms with van der Waals surface area (Å²) in [5.41, 5.74) is 0.869. The molecular weight excluding hydrogens is 248 g/mol. The van der Waals surface area contributed by atoms with Gasteiger partial charge in [-0.1, -0.05) is 29.8 Å². The molecule has 17 heavy (non-hydrogen) atoms. The topological polar surface area (TPSA) is 12.5 Å². The van der Waals surface area contributed by atoms with Gasteiger partial charge in [0.2, 0.25) is 0 Å². The quantitative estimate of drug-likeness (QED) is 0.829. The number of ether oxygens (including phenoxy) is 1. The minimum atomic E-state index is -2.31. The van der Waals surface area contributed by atoms with Crippen molar-refractivity contribution in [1.82, 2.24) is 4.90 Å². The lowest BCUT2D eigenvalue weighted by Gasteiger charge is -2.33. The van der Waals surface area contributed by atoms with Gasteiger partial charge in [0.1, 0.15) is 0 Å². The smallest absolute Gasteiger partial charge is 0.251 e. The first kappa shape index (κ1) is 12.7. The fourth-order valence-electron chi connectivity index (χ4n) is 1.99. The Labute approximate surface area is 104 Å². The predicted molar refractivity (Wildman–Crippen MR) is 62.6 cm³/mol. The number of halogens is 3. The summed E-state index contributed by atoms with van der Waals surface area (Å²) in [5.74, 6) is 0. The number of alkyl halides is 2. The van der Waals surface area contributed by atoms with Gasteiger partial charge in [0.25, 0.3) is 6.43 Å². The molecule has 2 nitrogen and oxygen atoms in total. The third-order valence-electron chi connectivity index (χ3n) is 2.80. The molecule has 0 saturated carbocycles. The molecule has 1 aromatic rings. The summed E-state index contributed by atoms with van der Waals surface area (Å²) < 4.78 is 30.2. The molecule has 1 heterocycles. The molecule has 1 atom stereocenters. The largest absolute Gasteiger partial charge is 0.371 e. The zero-order valence-corrected chi connectivity index (χ0v) is 10.0. The van der Waals surface area contributed by atoms with Crippen LogP contribution in [0, 0.1) is 0 Å². The Kier molecular flexibility index (Phi) is 4.31. The average Bonchev–Trinajstić information content (AvgIpc) is 2.29. The monoisotopic (exact) mass is 261 g/mol. The lowest BCUT2D eigenvalue weighted by atomic mass is 10.1. The first-order valence-electron chi connectivity index (χ1n) is 5.53. The minimum Gasteiger partial charge on any atom is -0.371 e. The van der Waals surface area contributed by atoms with Gasteiger partial charge in [-0.25, -0.2) is 8.78 Å². The van der Waals surface area contributed by atoms with Crippen molar-refractivity contribution in [2.45, 2.75) is 12.5 Å². The number of benzene rings is 1. The van der Waals surface area contributed by atoms with E-state index in [1.54, 1.807) is 11.0 Å². The lowest BCUT2D eigenvalue weighted by Crippen LogP contribution is -2.40. The van der Waals surface area contributed by atoms with Crippen molar-refractivity contribution in [3.8, 4) is 0 Å². The molecule has 1 unspecified atom stereocenters. The molecule has 2 rings (SSSR count). The van der Waals surface area contributed by atoms with Gasteiger partial charge in [0.05, 0.1) is 19.3 Å². The van der Waals surface area contributed by atoms with E-state index >= 15 is 0 Å². The molecule has 1 aliphatic rings. The van der Waals surface area contributed by atoms with Crippen molar-refractivity contribution >= 4 is 11.6 Å². The van der Waals surface area contributed by atoms with Gasteiger partial charge >= 0.3 is 0 Å². The number of hydrogen-bond donors (Lipinski definition) is 0. The van der Waals surface area contributed by atoms with Crippen LogP contribution in [0.25, 0.3) is 0 Å². The van der Waals surface area contributed by atoms with E-state index in [0.29, 0.717) is 24.7 Å². The summed E-state index contributed by atoms with van der Waals surface area (Å²) in [6, 6.07) is 7.37. The second-order valence-corrected chi connectivity index (χ2v) is 4.44. The Hall–Kier alpha value is -0.710. The highest BCUT2D eigenvalue weighted by Gasteiger charge is 2.25. The minimum absolute atomic E-state index is 0.204. The van der Waals surface area contributed by atoms with Crippen LogP contribution < -0.4 is 0 Å². The van der Waals surface area contributed by atoms with E-state index in [0.717, 1.165) is 5.56 Å². The summed E-state index contributed by atoms with van der Waals surface area (Å²) in [5, 5.41) is 0.622. The summed E-state index contributed by atoms with van der Waals surface area (Å²) in [7, 11) is 0. The van der Waals surface area contributed by atoms with Crippen molar-refractivity contribution in [1.29, 1.82) is 0 Å². The molecule has 1 fully saturated rings. The molecule has 0 spiro atoms. The molecule has 0 aromatic heterocycles. The van der Waals surface area contributed by atoms with E-state index in [9.17, 15) is 8.78 Å². The van der Waals surface area contributed by atoms with Crippen molar-refractivity contribution in [2.75, 3.05) is 26.2 Å². The number of rotatable bonds is 3. The fourth-order valence-corrected chi connectivity index (χ4v) is 2.25. The number of morpholine rings is 1. The van der Waals surface area contributed by atoms with E-state index in [4.69, 9.17) is 16.3 Å². The zero-order valence-electron chi connectivity index (χ0n) is 9.28. The molecule has 0 amide bonds. The van der Waals surface area contributed by atoms with Crippen LogP contribution in [0.3, 0.4) is 0 Å². The summed E-state index contributed by atoms with van der Waals surface area (Å²) >= 11 is 6.06.